The number of hydrogen-bond donors (Lipinski definition) is 0. The van der Waals surface area contributed by atoms with Crippen LogP contribution in [0, 0.1) is 5.82 Å². The van der Waals surface area contributed by atoms with Crippen molar-refractivity contribution in [3.63, 3.8) is 0 Å². The van der Waals surface area contributed by atoms with Crippen LogP contribution in [0.2, 0.25) is 5.02 Å². The number of pyridine rings is 1. The summed E-state index contributed by atoms with van der Waals surface area (Å²) in [6.07, 6.45) is 3.95. The van der Waals surface area contributed by atoms with E-state index in [2.05, 4.69) is 21.7 Å². The van der Waals surface area contributed by atoms with Gasteiger partial charge in [-0.2, -0.15) is 0 Å². The van der Waals surface area contributed by atoms with E-state index in [0.29, 0.717) is 17.1 Å². The van der Waals surface area contributed by atoms with E-state index in [0.717, 1.165) is 44.0 Å². The molecule has 0 amide bonds. The average Bonchev–Trinajstić information content (AvgIpc) is 2.65. The lowest BCUT2D eigenvalue weighted by molar-refractivity contribution is 0.0288. The van der Waals surface area contributed by atoms with Crippen LogP contribution in [0.4, 0.5) is 10.2 Å². The number of halogens is 2. The van der Waals surface area contributed by atoms with Gasteiger partial charge in [0.1, 0.15) is 23.5 Å². The molecule has 138 valence electrons. The Morgan fingerprint density at radius 2 is 1.92 bits per heavy atom. The number of hydrogen-bond acceptors (Lipinski definition) is 4. The lowest BCUT2D eigenvalue weighted by Crippen LogP contribution is -2.62. The van der Waals surface area contributed by atoms with E-state index in [4.69, 9.17) is 16.3 Å². The lowest BCUT2D eigenvalue weighted by Gasteiger charge is -2.50. The molecule has 1 aromatic heterocycles. The highest BCUT2D eigenvalue weighted by atomic mass is 35.5. The molecule has 0 N–H and O–H groups in total. The Morgan fingerprint density at radius 1 is 1.12 bits per heavy atom. The minimum Gasteiger partial charge on any atom is -0.489 e. The second-order valence-corrected chi connectivity index (χ2v) is 7.54. The number of nitrogens with zero attached hydrogens (tertiary/aromatic N) is 3. The molecule has 2 fully saturated rings. The third kappa shape index (κ3) is 3.64. The van der Waals surface area contributed by atoms with Gasteiger partial charge in [0.15, 0.2) is 0 Å². The predicted molar refractivity (Wildman–Crippen MR) is 101 cm³/mol. The molecule has 4 rings (SSSR count). The van der Waals surface area contributed by atoms with Crippen LogP contribution < -0.4 is 9.64 Å². The Kier molecular flexibility index (Phi) is 5.00. The van der Waals surface area contributed by atoms with Crippen LogP contribution in [-0.2, 0) is 0 Å². The Bertz CT molecular complexity index is 740. The van der Waals surface area contributed by atoms with Gasteiger partial charge in [-0.1, -0.05) is 11.6 Å². The minimum absolute atomic E-state index is 0.157. The molecule has 3 heterocycles. The zero-order chi connectivity index (χ0) is 18.1. The van der Waals surface area contributed by atoms with Crippen LogP contribution in [0.25, 0.3) is 0 Å². The molecule has 0 radical (unpaired) electrons. The maximum Gasteiger partial charge on any atom is 0.128 e. The summed E-state index contributed by atoms with van der Waals surface area (Å²) in [4.78, 5) is 9.38. The first-order valence-electron chi connectivity index (χ1n) is 9.14. The molecule has 4 nitrogen and oxygen atoms in total. The SMILES string of the molecule is CC1[C@@H]2CC[C@H](Oc3ccc(F)cc3)CN2CCN1c1ccc(Cl)cn1. The van der Waals surface area contributed by atoms with Crippen molar-refractivity contribution in [3.8, 4) is 5.75 Å². The van der Waals surface area contributed by atoms with Gasteiger partial charge in [-0.25, -0.2) is 9.37 Å². The number of aromatic nitrogens is 1. The molecule has 2 aliphatic heterocycles. The number of anilines is 1. The molecule has 3 atom stereocenters. The van der Waals surface area contributed by atoms with Gasteiger partial charge in [-0.15, -0.1) is 0 Å². The summed E-state index contributed by atoms with van der Waals surface area (Å²) in [5.74, 6) is 1.50. The smallest absolute Gasteiger partial charge is 0.128 e. The van der Waals surface area contributed by atoms with E-state index in [9.17, 15) is 4.39 Å². The average molecular weight is 376 g/mol. The second kappa shape index (κ2) is 7.41. The molecule has 0 saturated carbocycles. The van der Waals surface area contributed by atoms with Gasteiger partial charge < -0.3 is 9.64 Å². The van der Waals surface area contributed by atoms with Crippen molar-refractivity contribution in [2.75, 3.05) is 24.5 Å². The third-order valence-electron chi connectivity index (χ3n) is 5.49. The van der Waals surface area contributed by atoms with Crippen molar-refractivity contribution in [1.82, 2.24) is 9.88 Å². The molecule has 0 spiro atoms. The van der Waals surface area contributed by atoms with E-state index >= 15 is 0 Å². The van der Waals surface area contributed by atoms with E-state index in [-0.39, 0.29) is 11.9 Å². The highest BCUT2D eigenvalue weighted by Gasteiger charge is 2.38. The monoisotopic (exact) mass is 375 g/mol. The third-order valence-corrected chi connectivity index (χ3v) is 5.71. The van der Waals surface area contributed by atoms with Crippen molar-refractivity contribution >= 4 is 17.4 Å². The molecule has 2 aliphatic rings. The van der Waals surface area contributed by atoms with Crippen LogP contribution in [-0.4, -0.2) is 47.7 Å². The van der Waals surface area contributed by atoms with Gasteiger partial charge in [-0.05, 0) is 56.2 Å². The van der Waals surface area contributed by atoms with Crippen molar-refractivity contribution < 1.29 is 9.13 Å². The molecule has 0 aliphatic carbocycles. The summed E-state index contributed by atoms with van der Waals surface area (Å²) in [5, 5.41) is 0.665. The molecule has 0 bridgehead atoms. The van der Waals surface area contributed by atoms with Crippen molar-refractivity contribution in [2.45, 2.75) is 38.0 Å². The predicted octanol–water partition coefficient (Wildman–Crippen LogP) is 3.99. The number of ether oxygens (including phenoxy) is 1. The van der Waals surface area contributed by atoms with Gasteiger partial charge in [-0.3, -0.25) is 4.90 Å². The maximum absolute atomic E-state index is 13.0. The second-order valence-electron chi connectivity index (χ2n) is 7.10. The van der Waals surface area contributed by atoms with Crippen LogP contribution in [0.5, 0.6) is 5.75 Å². The Labute approximate surface area is 158 Å². The van der Waals surface area contributed by atoms with Crippen molar-refractivity contribution in [1.29, 1.82) is 0 Å². The van der Waals surface area contributed by atoms with Gasteiger partial charge in [0.25, 0.3) is 0 Å². The molecular weight excluding hydrogens is 353 g/mol. The number of piperidine rings is 1. The van der Waals surface area contributed by atoms with Crippen LogP contribution in [0.1, 0.15) is 19.8 Å². The van der Waals surface area contributed by atoms with E-state index in [1.165, 1.54) is 12.1 Å². The summed E-state index contributed by atoms with van der Waals surface area (Å²) in [7, 11) is 0. The molecule has 26 heavy (non-hydrogen) atoms. The van der Waals surface area contributed by atoms with Gasteiger partial charge in [0.05, 0.1) is 5.02 Å². The number of benzene rings is 1. The topological polar surface area (TPSA) is 28.6 Å². The highest BCUT2D eigenvalue weighted by molar-refractivity contribution is 6.30. The van der Waals surface area contributed by atoms with Crippen LogP contribution in [0.3, 0.4) is 0 Å². The zero-order valence-corrected chi connectivity index (χ0v) is 15.6. The standard InChI is InChI=1S/C20H23ClFN3O/c1-14-19-8-7-18(26-17-5-3-16(22)4-6-17)13-24(19)10-11-25(14)20-9-2-15(21)12-23-20/h2-6,9,12,14,18-19H,7-8,10-11,13H2,1H3/t14?,18-,19-/m0/s1. The number of rotatable bonds is 3. The molecule has 1 unspecified atom stereocenters. The summed E-state index contributed by atoms with van der Waals surface area (Å²) in [5.41, 5.74) is 0. The molecule has 1 aromatic carbocycles. The van der Waals surface area contributed by atoms with Crippen molar-refractivity contribution in [2.24, 2.45) is 0 Å². The number of fused-ring (bicyclic) bond motifs is 1. The Hall–Kier alpha value is -1.85. The summed E-state index contributed by atoms with van der Waals surface area (Å²) >= 11 is 5.96. The molecule has 2 saturated heterocycles. The van der Waals surface area contributed by atoms with Gasteiger partial charge in [0.2, 0.25) is 0 Å². The molecule has 6 heteroatoms. The van der Waals surface area contributed by atoms with Gasteiger partial charge >= 0.3 is 0 Å². The van der Waals surface area contributed by atoms with Crippen LogP contribution in [0.15, 0.2) is 42.6 Å². The van der Waals surface area contributed by atoms with E-state index in [1.54, 1.807) is 18.3 Å². The van der Waals surface area contributed by atoms with Crippen LogP contribution >= 0.6 is 11.6 Å². The largest absolute Gasteiger partial charge is 0.489 e. The lowest BCUT2D eigenvalue weighted by atomic mass is 9.91. The zero-order valence-electron chi connectivity index (χ0n) is 14.8. The van der Waals surface area contributed by atoms with E-state index < -0.39 is 0 Å². The first kappa shape index (κ1) is 17.6. The summed E-state index contributed by atoms with van der Waals surface area (Å²) in [6.45, 7) is 5.11. The Morgan fingerprint density at radius 3 is 2.65 bits per heavy atom. The normalized spacial score (nSPS) is 26.4. The quantitative estimate of drug-likeness (QED) is 0.810. The first-order valence-corrected chi connectivity index (χ1v) is 9.52. The summed E-state index contributed by atoms with van der Waals surface area (Å²) < 4.78 is 19.1. The first-order chi connectivity index (χ1) is 12.6. The van der Waals surface area contributed by atoms with E-state index in [1.807, 2.05) is 12.1 Å². The number of piperazine rings is 1. The fourth-order valence-corrected chi connectivity index (χ4v) is 4.25. The summed E-state index contributed by atoms with van der Waals surface area (Å²) in [6, 6.07) is 11.1. The highest BCUT2D eigenvalue weighted by Crippen LogP contribution is 2.30. The fraction of sp³-hybridized carbons (Fsp3) is 0.450. The van der Waals surface area contributed by atoms with Gasteiger partial charge in [0, 0.05) is 37.9 Å². The Balaban J connectivity index is 1.40. The molecule has 2 aromatic rings. The maximum atomic E-state index is 13.0. The molecular formula is C20H23ClFN3O. The minimum atomic E-state index is -0.234. The fourth-order valence-electron chi connectivity index (χ4n) is 4.14. The van der Waals surface area contributed by atoms with Crippen molar-refractivity contribution in [3.05, 3.63) is 53.4 Å².